The lowest BCUT2D eigenvalue weighted by atomic mass is 10.0. The molecule has 0 unspecified atom stereocenters. The van der Waals surface area contributed by atoms with Gasteiger partial charge in [0.25, 0.3) is 0 Å². The van der Waals surface area contributed by atoms with Gasteiger partial charge >= 0.3 is 0 Å². The van der Waals surface area contributed by atoms with Crippen LogP contribution in [0.25, 0.3) is 33.4 Å². The van der Waals surface area contributed by atoms with Crippen molar-refractivity contribution in [3.8, 4) is 22.5 Å². The van der Waals surface area contributed by atoms with Crippen LogP contribution in [-0.2, 0) is 0 Å². The molecule has 2 aromatic heterocycles. The summed E-state index contributed by atoms with van der Waals surface area (Å²) in [6.07, 6.45) is 3.69. The number of nitrogens with zero attached hydrogens (tertiary/aromatic N) is 1. The molecule has 0 atom stereocenters. The molecule has 2 heteroatoms. The van der Waals surface area contributed by atoms with Gasteiger partial charge in [0.15, 0.2) is 0 Å². The minimum absolute atomic E-state index is 0.873. The average molecular weight is 271 g/mol. The van der Waals surface area contributed by atoms with Gasteiger partial charge in [0, 0.05) is 28.9 Å². The normalized spacial score (nSPS) is 10.9. The first-order valence-corrected chi connectivity index (χ1v) is 6.90. The summed E-state index contributed by atoms with van der Waals surface area (Å²) < 4.78 is 5.99. The summed E-state index contributed by atoms with van der Waals surface area (Å²) in [4.78, 5) is 4.26. The number of hydrogen-bond donors (Lipinski definition) is 0. The number of pyridine rings is 1. The maximum absolute atomic E-state index is 5.99. The quantitative estimate of drug-likeness (QED) is 0.503. The van der Waals surface area contributed by atoms with Crippen LogP contribution in [0.4, 0.5) is 0 Å². The molecule has 4 rings (SSSR count). The minimum Gasteiger partial charge on any atom is -0.456 e. The fraction of sp³-hybridized carbons (Fsp3) is 0. The Morgan fingerprint density at radius 1 is 0.762 bits per heavy atom. The van der Waals surface area contributed by atoms with Crippen molar-refractivity contribution in [3.63, 3.8) is 0 Å². The summed E-state index contributed by atoms with van der Waals surface area (Å²) in [5, 5.41) is 1.11. The Labute approximate surface area is 122 Å². The molecule has 2 aromatic carbocycles. The second kappa shape index (κ2) is 4.91. The highest BCUT2D eigenvalue weighted by atomic mass is 16.3. The van der Waals surface area contributed by atoms with E-state index in [9.17, 15) is 0 Å². The lowest BCUT2D eigenvalue weighted by molar-refractivity contribution is 0.631. The number of para-hydroxylation sites is 1. The molecule has 0 saturated heterocycles. The number of fused-ring (bicyclic) bond motifs is 1. The Kier molecular flexibility index (Phi) is 2.79. The molecular weight excluding hydrogens is 258 g/mol. The molecule has 0 aliphatic rings. The Hall–Kier alpha value is -2.87. The molecule has 0 amide bonds. The largest absolute Gasteiger partial charge is 0.456 e. The zero-order valence-electron chi connectivity index (χ0n) is 11.4. The summed E-state index contributed by atoms with van der Waals surface area (Å²) in [7, 11) is 0. The lowest BCUT2D eigenvalue weighted by Crippen LogP contribution is -1.84. The van der Waals surface area contributed by atoms with E-state index < -0.39 is 0 Å². The maximum atomic E-state index is 5.99. The molecule has 2 heterocycles. The van der Waals surface area contributed by atoms with Gasteiger partial charge < -0.3 is 4.42 Å². The molecule has 21 heavy (non-hydrogen) atoms. The van der Waals surface area contributed by atoms with Crippen molar-refractivity contribution in [2.24, 2.45) is 0 Å². The minimum atomic E-state index is 0.873. The van der Waals surface area contributed by atoms with E-state index in [0.29, 0.717) is 0 Å². The molecule has 0 aliphatic heterocycles. The molecule has 100 valence electrons. The molecule has 4 aromatic rings. The van der Waals surface area contributed by atoms with Crippen LogP contribution in [0.15, 0.2) is 83.5 Å². The summed E-state index contributed by atoms with van der Waals surface area (Å²) in [6.45, 7) is 0. The zero-order valence-corrected chi connectivity index (χ0v) is 11.4. The fourth-order valence-electron chi connectivity index (χ4n) is 2.57. The van der Waals surface area contributed by atoms with Crippen LogP contribution in [-0.4, -0.2) is 4.98 Å². The fourth-order valence-corrected chi connectivity index (χ4v) is 2.57. The average Bonchev–Trinajstić information content (AvgIpc) is 2.99. The van der Waals surface area contributed by atoms with Crippen LogP contribution in [0.5, 0.6) is 0 Å². The Bertz CT molecular complexity index is 861. The molecule has 0 N–H and O–H groups in total. The molecule has 0 saturated carbocycles. The van der Waals surface area contributed by atoms with E-state index in [4.69, 9.17) is 4.42 Å². The van der Waals surface area contributed by atoms with Crippen molar-refractivity contribution >= 4 is 11.0 Å². The van der Waals surface area contributed by atoms with Crippen LogP contribution >= 0.6 is 0 Å². The number of rotatable bonds is 2. The van der Waals surface area contributed by atoms with Gasteiger partial charge in [-0.3, -0.25) is 4.98 Å². The van der Waals surface area contributed by atoms with E-state index in [2.05, 4.69) is 29.2 Å². The Morgan fingerprint density at radius 2 is 1.57 bits per heavy atom. The highest BCUT2D eigenvalue weighted by Gasteiger charge is 2.11. The highest BCUT2D eigenvalue weighted by Crippen LogP contribution is 2.34. The van der Waals surface area contributed by atoms with E-state index in [1.54, 1.807) is 6.20 Å². The van der Waals surface area contributed by atoms with E-state index in [1.165, 1.54) is 0 Å². The van der Waals surface area contributed by atoms with Crippen molar-refractivity contribution in [2.75, 3.05) is 0 Å². The third-order valence-corrected chi connectivity index (χ3v) is 3.60. The predicted molar refractivity (Wildman–Crippen MR) is 84.9 cm³/mol. The number of furan rings is 1. The van der Waals surface area contributed by atoms with Crippen molar-refractivity contribution in [3.05, 3.63) is 79.1 Å². The van der Waals surface area contributed by atoms with Crippen molar-refractivity contribution in [1.29, 1.82) is 0 Å². The first kappa shape index (κ1) is 11.9. The standard InChI is InChI=1S/C19H13NO/c1-2-6-14(7-3-1)17-13-20-11-10-16(17)19-12-15-8-4-5-9-18(15)21-19/h1-13H. The van der Waals surface area contributed by atoms with Crippen LogP contribution < -0.4 is 0 Å². The van der Waals surface area contributed by atoms with Crippen LogP contribution in [0.1, 0.15) is 0 Å². The molecule has 0 radical (unpaired) electrons. The van der Waals surface area contributed by atoms with Gasteiger partial charge in [0.1, 0.15) is 11.3 Å². The summed E-state index contributed by atoms with van der Waals surface area (Å²) in [5.41, 5.74) is 4.19. The SMILES string of the molecule is c1ccc(-c2cnccc2-c2cc3ccccc3o2)cc1. The molecular formula is C19H13NO. The van der Waals surface area contributed by atoms with Gasteiger partial charge in [-0.2, -0.15) is 0 Å². The second-order valence-corrected chi connectivity index (χ2v) is 4.94. The van der Waals surface area contributed by atoms with Gasteiger partial charge in [-0.25, -0.2) is 0 Å². The van der Waals surface area contributed by atoms with Gasteiger partial charge in [0.05, 0.1) is 0 Å². The molecule has 2 nitrogen and oxygen atoms in total. The molecule has 0 fully saturated rings. The smallest absolute Gasteiger partial charge is 0.136 e. The number of hydrogen-bond acceptors (Lipinski definition) is 2. The Morgan fingerprint density at radius 3 is 2.43 bits per heavy atom. The van der Waals surface area contributed by atoms with E-state index >= 15 is 0 Å². The summed E-state index contributed by atoms with van der Waals surface area (Å²) >= 11 is 0. The monoisotopic (exact) mass is 271 g/mol. The topological polar surface area (TPSA) is 26.0 Å². The second-order valence-electron chi connectivity index (χ2n) is 4.94. The third-order valence-electron chi connectivity index (χ3n) is 3.60. The van der Waals surface area contributed by atoms with E-state index in [-0.39, 0.29) is 0 Å². The van der Waals surface area contributed by atoms with Crippen molar-refractivity contribution < 1.29 is 4.42 Å². The van der Waals surface area contributed by atoms with Gasteiger partial charge in [0.2, 0.25) is 0 Å². The van der Waals surface area contributed by atoms with Crippen molar-refractivity contribution in [1.82, 2.24) is 4.98 Å². The predicted octanol–water partition coefficient (Wildman–Crippen LogP) is 5.16. The van der Waals surface area contributed by atoms with Gasteiger partial charge in [-0.05, 0) is 23.8 Å². The Balaban J connectivity index is 1.93. The number of aromatic nitrogens is 1. The van der Waals surface area contributed by atoms with E-state index in [0.717, 1.165) is 33.4 Å². The lowest BCUT2D eigenvalue weighted by Gasteiger charge is -2.06. The highest BCUT2D eigenvalue weighted by molar-refractivity contribution is 5.87. The van der Waals surface area contributed by atoms with Crippen molar-refractivity contribution in [2.45, 2.75) is 0 Å². The number of benzene rings is 2. The zero-order chi connectivity index (χ0) is 14.1. The van der Waals surface area contributed by atoms with E-state index in [1.807, 2.05) is 48.7 Å². The molecule has 0 aliphatic carbocycles. The van der Waals surface area contributed by atoms with Gasteiger partial charge in [-0.15, -0.1) is 0 Å². The van der Waals surface area contributed by atoms with Gasteiger partial charge in [-0.1, -0.05) is 48.5 Å². The third kappa shape index (κ3) is 2.11. The summed E-state index contributed by atoms with van der Waals surface area (Å²) in [6, 6.07) is 22.4. The van der Waals surface area contributed by atoms with Crippen LogP contribution in [0.2, 0.25) is 0 Å². The first-order chi connectivity index (χ1) is 10.4. The molecule has 0 bridgehead atoms. The summed E-state index contributed by atoms with van der Waals surface area (Å²) in [5.74, 6) is 0.873. The van der Waals surface area contributed by atoms with Crippen LogP contribution in [0, 0.1) is 0 Å². The van der Waals surface area contributed by atoms with Crippen LogP contribution in [0.3, 0.4) is 0 Å². The molecule has 0 spiro atoms. The maximum Gasteiger partial charge on any atom is 0.136 e. The first-order valence-electron chi connectivity index (χ1n) is 6.90.